The standard InChI is InChI=1S/C64H121NO5/c1-3-5-7-9-11-13-15-16-30-33-37-40-44-48-52-56-62(67)61(60-66)65-63(68)57-53-49-45-41-38-34-31-28-26-24-22-20-18-17-19-21-23-25-27-29-32-35-39-43-47-51-55-59-70-64(69)58-54-50-46-42-36-14-12-10-8-6-4-2/h10,12,17-18,21,23,61-62,66-67H,3-9,11,13-16,19-20,22,24-60H2,1-2H3,(H,65,68)/b12-10-,18-17-,23-21-. The van der Waals surface area contributed by atoms with Crippen molar-refractivity contribution in [3.63, 3.8) is 0 Å². The van der Waals surface area contributed by atoms with Crippen molar-refractivity contribution in [3.8, 4) is 0 Å². The number of ether oxygens (including phenoxy) is 1. The molecule has 0 heterocycles. The molecule has 0 rings (SSSR count). The molecule has 0 aromatic heterocycles. The van der Waals surface area contributed by atoms with E-state index in [0.717, 1.165) is 51.4 Å². The largest absolute Gasteiger partial charge is 0.466 e. The number of carbonyl (C=O) groups is 2. The number of hydrogen-bond acceptors (Lipinski definition) is 5. The van der Waals surface area contributed by atoms with Gasteiger partial charge in [-0.25, -0.2) is 0 Å². The minimum absolute atomic E-state index is 0.000558. The van der Waals surface area contributed by atoms with Crippen molar-refractivity contribution < 1.29 is 24.5 Å². The van der Waals surface area contributed by atoms with Gasteiger partial charge in [0.1, 0.15) is 0 Å². The van der Waals surface area contributed by atoms with Gasteiger partial charge in [-0.05, 0) is 77.0 Å². The Labute approximate surface area is 436 Å². The molecule has 70 heavy (non-hydrogen) atoms. The molecule has 1 amide bonds. The molecule has 0 fully saturated rings. The summed E-state index contributed by atoms with van der Waals surface area (Å²) in [5.41, 5.74) is 0. The lowest BCUT2D eigenvalue weighted by atomic mass is 10.0. The lowest BCUT2D eigenvalue weighted by molar-refractivity contribution is -0.143. The first-order valence-corrected chi connectivity index (χ1v) is 31.2. The number of hydrogen-bond donors (Lipinski definition) is 3. The first-order valence-electron chi connectivity index (χ1n) is 31.2. The number of amides is 1. The summed E-state index contributed by atoms with van der Waals surface area (Å²) in [7, 11) is 0. The summed E-state index contributed by atoms with van der Waals surface area (Å²) in [6.07, 6.45) is 74.4. The quantitative estimate of drug-likeness (QED) is 0.0321. The molecule has 412 valence electrons. The second-order valence-electron chi connectivity index (χ2n) is 21.4. The Balaban J connectivity index is 3.42. The lowest BCUT2D eigenvalue weighted by Gasteiger charge is -2.22. The molecule has 0 saturated heterocycles. The van der Waals surface area contributed by atoms with Gasteiger partial charge in [-0.15, -0.1) is 0 Å². The smallest absolute Gasteiger partial charge is 0.305 e. The summed E-state index contributed by atoms with van der Waals surface area (Å²) in [5, 5.41) is 23.3. The van der Waals surface area contributed by atoms with Gasteiger partial charge in [-0.1, -0.05) is 281 Å². The predicted molar refractivity (Wildman–Crippen MR) is 306 cm³/mol. The van der Waals surface area contributed by atoms with Crippen LogP contribution in [0.15, 0.2) is 36.5 Å². The molecule has 0 aliphatic rings. The minimum atomic E-state index is -0.666. The van der Waals surface area contributed by atoms with E-state index in [1.807, 2.05) is 0 Å². The van der Waals surface area contributed by atoms with E-state index in [0.29, 0.717) is 25.9 Å². The Morgan fingerprint density at radius 3 is 1.14 bits per heavy atom. The zero-order valence-electron chi connectivity index (χ0n) is 47.0. The van der Waals surface area contributed by atoms with Crippen molar-refractivity contribution >= 4 is 11.9 Å². The summed E-state index contributed by atoms with van der Waals surface area (Å²) in [6, 6.07) is -0.544. The fraction of sp³-hybridized carbons (Fsp3) is 0.875. The van der Waals surface area contributed by atoms with E-state index in [4.69, 9.17) is 4.74 Å². The highest BCUT2D eigenvalue weighted by molar-refractivity contribution is 5.76. The second-order valence-corrected chi connectivity index (χ2v) is 21.4. The molecular formula is C64H121NO5. The normalized spacial score (nSPS) is 12.8. The van der Waals surface area contributed by atoms with E-state index in [-0.39, 0.29) is 18.5 Å². The Hall–Kier alpha value is -1.92. The van der Waals surface area contributed by atoms with Gasteiger partial charge in [-0.3, -0.25) is 9.59 Å². The van der Waals surface area contributed by atoms with E-state index in [9.17, 15) is 19.8 Å². The topological polar surface area (TPSA) is 95.9 Å². The third-order valence-corrected chi connectivity index (χ3v) is 14.4. The Kier molecular flexibility index (Phi) is 58.0. The maximum absolute atomic E-state index is 12.5. The van der Waals surface area contributed by atoms with Crippen LogP contribution in [0.25, 0.3) is 0 Å². The number of nitrogens with one attached hydrogen (secondary N) is 1. The van der Waals surface area contributed by atoms with Gasteiger partial charge in [0.15, 0.2) is 0 Å². The first-order chi connectivity index (χ1) is 34.5. The molecule has 2 unspecified atom stereocenters. The Bertz CT molecular complexity index is 1130. The van der Waals surface area contributed by atoms with Gasteiger partial charge in [0, 0.05) is 12.8 Å². The lowest BCUT2D eigenvalue weighted by Crippen LogP contribution is -2.45. The molecule has 0 aromatic rings. The first kappa shape index (κ1) is 68.1. The SMILES string of the molecule is CCCC/C=C\CCCCCCCC(=O)OCCCCCCCCCCC/C=C\C/C=C\CCCCCCCCCCCCCC(=O)NC(CO)C(O)CCCCCCCCCCCCCCCCC. The summed E-state index contributed by atoms with van der Waals surface area (Å²) in [6.45, 7) is 4.92. The number of esters is 1. The van der Waals surface area contributed by atoms with E-state index < -0.39 is 12.1 Å². The van der Waals surface area contributed by atoms with Crippen molar-refractivity contribution in [2.75, 3.05) is 13.2 Å². The van der Waals surface area contributed by atoms with Crippen LogP contribution in [-0.4, -0.2) is 47.4 Å². The molecule has 0 radical (unpaired) electrons. The van der Waals surface area contributed by atoms with Crippen molar-refractivity contribution in [1.29, 1.82) is 0 Å². The van der Waals surface area contributed by atoms with Gasteiger partial charge >= 0.3 is 5.97 Å². The van der Waals surface area contributed by atoms with Crippen LogP contribution in [0, 0.1) is 0 Å². The number of aliphatic hydroxyl groups excluding tert-OH is 2. The third-order valence-electron chi connectivity index (χ3n) is 14.4. The maximum Gasteiger partial charge on any atom is 0.305 e. The average Bonchev–Trinajstić information content (AvgIpc) is 3.36. The summed E-state index contributed by atoms with van der Waals surface area (Å²) >= 11 is 0. The Morgan fingerprint density at radius 1 is 0.400 bits per heavy atom. The molecule has 6 heteroatoms. The number of aliphatic hydroxyl groups is 2. The van der Waals surface area contributed by atoms with E-state index in [1.165, 1.54) is 250 Å². The van der Waals surface area contributed by atoms with Gasteiger partial charge < -0.3 is 20.3 Å². The highest BCUT2D eigenvalue weighted by Gasteiger charge is 2.20. The second kappa shape index (κ2) is 59.6. The predicted octanol–water partition coefficient (Wildman–Crippen LogP) is 19.6. The van der Waals surface area contributed by atoms with Crippen molar-refractivity contribution in [1.82, 2.24) is 5.32 Å². The molecule has 3 N–H and O–H groups in total. The molecule has 0 aliphatic carbocycles. The molecular weight excluding hydrogens is 863 g/mol. The minimum Gasteiger partial charge on any atom is -0.466 e. The van der Waals surface area contributed by atoms with Crippen molar-refractivity contribution in [3.05, 3.63) is 36.5 Å². The number of rotatable bonds is 58. The van der Waals surface area contributed by atoms with Crippen LogP contribution in [0.3, 0.4) is 0 Å². The summed E-state index contributed by atoms with van der Waals surface area (Å²) in [4.78, 5) is 24.5. The monoisotopic (exact) mass is 984 g/mol. The highest BCUT2D eigenvalue weighted by Crippen LogP contribution is 2.17. The zero-order valence-corrected chi connectivity index (χ0v) is 47.0. The fourth-order valence-electron chi connectivity index (χ4n) is 9.59. The summed E-state index contributed by atoms with van der Waals surface area (Å²) in [5.74, 6) is -0.0372. The number of carbonyl (C=O) groups excluding carboxylic acids is 2. The fourth-order valence-corrected chi connectivity index (χ4v) is 9.59. The zero-order chi connectivity index (χ0) is 50.7. The molecule has 0 bridgehead atoms. The van der Waals surface area contributed by atoms with Crippen LogP contribution in [-0.2, 0) is 14.3 Å². The van der Waals surface area contributed by atoms with Crippen LogP contribution < -0.4 is 5.32 Å². The molecule has 6 nitrogen and oxygen atoms in total. The summed E-state index contributed by atoms with van der Waals surface area (Å²) < 4.78 is 5.45. The van der Waals surface area contributed by atoms with Crippen LogP contribution in [0.4, 0.5) is 0 Å². The van der Waals surface area contributed by atoms with Gasteiger partial charge in [0.25, 0.3) is 0 Å². The van der Waals surface area contributed by atoms with Crippen LogP contribution in [0.5, 0.6) is 0 Å². The molecule has 2 atom stereocenters. The number of allylic oxidation sites excluding steroid dienone is 6. The van der Waals surface area contributed by atoms with Crippen LogP contribution in [0.1, 0.15) is 335 Å². The third kappa shape index (κ3) is 55.4. The maximum atomic E-state index is 12.5. The van der Waals surface area contributed by atoms with E-state index >= 15 is 0 Å². The molecule has 0 saturated carbocycles. The van der Waals surface area contributed by atoms with Crippen LogP contribution >= 0.6 is 0 Å². The van der Waals surface area contributed by atoms with Gasteiger partial charge in [0.05, 0.1) is 25.4 Å². The van der Waals surface area contributed by atoms with Crippen molar-refractivity contribution in [2.45, 2.75) is 347 Å². The van der Waals surface area contributed by atoms with E-state index in [2.05, 4.69) is 55.6 Å². The van der Waals surface area contributed by atoms with Crippen LogP contribution in [0.2, 0.25) is 0 Å². The van der Waals surface area contributed by atoms with Gasteiger partial charge in [-0.2, -0.15) is 0 Å². The Morgan fingerprint density at radius 2 is 0.729 bits per heavy atom. The molecule has 0 aliphatic heterocycles. The van der Waals surface area contributed by atoms with E-state index in [1.54, 1.807) is 0 Å². The average molecular weight is 985 g/mol. The number of unbranched alkanes of at least 4 members (excludes halogenated alkanes) is 41. The van der Waals surface area contributed by atoms with Gasteiger partial charge in [0.2, 0.25) is 5.91 Å². The van der Waals surface area contributed by atoms with Crippen molar-refractivity contribution in [2.24, 2.45) is 0 Å². The molecule has 0 aromatic carbocycles. The highest BCUT2D eigenvalue weighted by atomic mass is 16.5. The molecule has 0 spiro atoms.